The summed E-state index contributed by atoms with van der Waals surface area (Å²) in [4.78, 5) is 16.2. The van der Waals surface area contributed by atoms with Crippen LogP contribution in [-0.4, -0.2) is 16.9 Å². The van der Waals surface area contributed by atoms with Crippen molar-refractivity contribution in [2.24, 2.45) is 5.92 Å². The number of nitrogens with one attached hydrogen (secondary N) is 1. The number of nitrogens with zero attached hydrogens (tertiary/aromatic N) is 1. The molecule has 1 heterocycles. The van der Waals surface area contributed by atoms with E-state index in [0.29, 0.717) is 18.4 Å². The molecule has 1 amide bonds. The third-order valence-corrected chi connectivity index (χ3v) is 4.40. The van der Waals surface area contributed by atoms with E-state index in [4.69, 9.17) is 0 Å². The van der Waals surface area contributed by atoms with Gasteiger partial charge in [0.05, 0.1) is 6.42 Å². The van der Waals surface area contributed by atoms with E-state index in [2.05, 4.69) is 17.2 Å². The minimum Gasteiger partial charge on any atom is -0.353 e. The van der Waals surface area contributed by atoms with Gasteiger partial charge in [-0.3, -0.25) is 4.79 Å². The standard InChI is InChI=1S/C13H20N2OS/c1-9-5-3-4-6-11(9)15-12(16)7-13-14-10(2)8-17-13/h8-9,11H,3-7H2,1-2H3,(H,15,16). The van der Waals surface area contributed by atoms with Gasteiger partial charge in [-0.1, -0.05) is 19.8 Å². The summed E-state index contributed by atoms with van der Waals surface area (Å²) in [6.07, 6.45) is 5.34. The number of hydrogen-bond donors (Lipinski definition) is 1. The van der Waals surface area contributed by atoms with E-state index >= 15 is 0 Å². The van der Waals surface area contributed by atoms with Gasteiger partial charge in [-0.15, -0.1) is 11.3 Å². The molecule has 2 atom stereocenters. The van der Waals surface area contributed by atoms with E-state index in [1.807, 2.05) is 12.3 Å². The Morgan fingerprint density at radius 1 is 1.53 bits per heavy atom. The van der Waals surface area contributed by atoms with E-state index in [9.17, 15) is 4.79 Å². The van der Waals surface area contributed by atoms with Crippen LogP contribution in [0.1, 0.15) is 43.3 Å². The van der Waals surface area contributed by atoms with E-state index in [1.54, 1.807) is 11.3 Å². The average Bonchev–Trinajstić information content (AvgIpc) is 2.67. The summed E-state index contributed by atoms with van der Waals surface area (Å²) >= 11 is 1.57. The van der Waals surface area contributed by atoms with Crippen molar-refractivity contribution in [3.8, 4) is 0 Å². The van der Waals surface area contributed by atoms with Crippen molar-refractivity contribution in [1.82, 2.24) is 10.3 Å². The molecule has 0 aliphatic heterocycles. The molecule has 2 rings (SSSR count). The molecule has 94 valence electrons. The molecule has 1 aliphatic rings. The molecule has 0 aromatic carbocycles. The maximum atomic E-state index is 11.9. The summed E-state index contributed by atoms with van der Waals surface area (Å²) in [5, 5.41) is 6.07. The first-order valence-corrected chi connectivity index (χ1v) is 7.23. The van der Waals surface area contributed by atoms with Crippen molar-refractivity contribution in [2.75, 3.05) is 0 Å². The van der Waals surface area contributed by atoms with Crippen molar-refractivity contribution < 1.29 is 4.79 Å². The second-order valence-corrected chi connectivity index (χ2v) is 5.94. The number of aromatic nitrogens is 1. The number of hydrogen-bond acceptors (Lipinski definition) is 3. The molecule has 1 fully saturated rings. The summed E-state index contributed by atoms with van der Waals surface area (Å²) in [5.74, 6) is 0.740. The smallest absolute Gasteiger partial charge is 0.227 e. The van der Waals surface area contributed by atoms with E-state index in [-0.39, 0.29) is 5.91 Å². The number of carbonyl (C=O) groups excluding carboxylic acids is 1. The summed E-state index contributed by atoms with van der Waals surface area (Å²) in [5.41, 5.74) is 1.00. The highest BCUT2D eigenvalue weighted by molar-refractivity contribution is 7.09. The van der Waals surface area contributed by atoms with Crippen LogP contribution < -0.4 is 5.32 Å². The second kappa shape index (κ2) is 5.63. The van der Waals surface area contributed by atoms with E-state index in [0.717, 1.165) is 17.1 Å². The maximum Gasteiger partial charge on any atom is 0.227 e. The lowest BCUT2D eigenvalue weighted by Crippen LogP contribution is -2.41. The monoisotopic (exact) mass is 252 g/mol. The highest BCUT2D eigenvalue weighted by Gasteiger charge is 2.22. The van der Waals surface area contributed by atoms with Crippen LogP contribution in [-0.2, 0) is 11.2 Å². The van der Waals surface area contributed by atoms with Crippen molar-refractivity contribution in [1.29, 1.82) is 0 Å². The van der Waals surface area contributed by atoms with Crippen molar-refractivity contribution in [3.63, 3.8) is 0 Å². The third kappa shape index (κ3) is 3.53. The first kappa shape index (κ1) is 12.6. The van der Waals surface area contributed by atoms with Gasteiger partial charge in [0.1, 0.15) is 5.01 Å². The van der Waals surface area contributed by atoms with Gasteiger partial charge in [-0.05, 0) is 25.7 Å². The van der Waals surface area contributed by atoms with Gasteiger partial charge >= 0.3 is 0 Å². The van der Waals surface area contributed by atoms with Gasteiger partial charge in [0.25, 0.3) is 0 Å². The maximum absolute atomic E-state index is 11.9. The minimum atomic E-state index is 0.123. The Bertz CT molecular complexity index is 389. The van der Waals surface area contributed by atoms with Gasteiger partial charge in [0.15, 0.2) is 0 Å². The molecule has 2 unspecified atom stereocenters. The van der Waals surface area contributed by atoms with Crippen LogP contribution >= 0.6 is 11.3 Å². The molecule has 1 N–H and O–H groups in total. The van der Waals surface area contributed by atoms with Crippen LogP contribution in [0.4, 0.5) is 0 Å². The fourth-order valence-corrected chi connectivity index (χ4v) is 3.18. The van der Waals surface area contributed by atoms with Crippen LogP contribution in [0.15, 0.2) is 5.38 Å². The Labute approximate surface area is 107 Å². The van der Waals surface area contributed by atoms with Gasteiger partial charge in [0.2, 0.25) is 5.91 Å². The molecule has 0 spiro atoms. The van der Waals surface area contributed by atoms with Crippen LogP contribution in [0.3, 0.4) is 0 Å². The van der Waals surface area contributed by atoms with Crippen LogP contribution in [0.5, 0.6) is 0 Å². The van der Waals surface area contributed by atoms with Gasteiger partial charge in [-0.25, -0.2) is 4.98 Å². The Kier molecular flexibility index (Phi) is 4.15. The first-order chi connectivity index (χ1) is 8.15. The molecule has 1 aromatic rings. The van der Waals surface area contributed by atoms with E-state index < -0.39 is 0 Å². The van der Waals surface area contributed by atoms with Gasteiger partial charge < -0.3 is 5.32 Å². The normalized spacial score (nSPS) is 24.6. The molecule has 3 nitrogen and oxygen atoms in total. The highest BCUT2D eigenvalue weighted by Crippen LogP contribution is 2.23. The Morgan fingerprint density at radius 3 is 2.94 bits per heavy atom. The number of thiazole rings is 1. The molecular formula is C13H20N2OS. The van der Waals surface area contributed by atoms with Gasteiger partial charge in [0, 0.05) is 17.1 Å². The predicted molar refractivity (Wildman–Crippen MR) is 70.1 cm³/mol. The molecule has 1 aliphatic carbocycles. The Hall–Kier alpha value is -0.900. The summed E-state index contributed by atoms with van der Waals surface area (Å²) < 4.78 is 0. The number of amides is 1. The molecule has 1 saturated carbocycles. The molecule has 4 heteroatoms. The zero-order chi connectivity index (χ0) is 12.3. The SMILES string of the molecule is Cc1csc(CC(=O)NC2CCCCC2C)n1. The number of carbonyl (C=O) groups is 1. The lowest BCUT2D eigenvalue weighted by molar-refractivity contribution is -0.121. The summed E-state index contributed by atoms with van der Waals surface area (Å²) in [6.45, 7) is 4.19. The third-order valence-electron chi connectivity index (χ3n) is 3.44. The zero-order valence-corrected chi connectivity index (χ0v) is 11.3. The molecule has 0 saturated heterocycles. The van der Waals surface area contributed by atoms with Gasteiger partial charge in [-0.2, -0.15) is 0 Å². The molecule has 17 heavy (non-hydrogen) atoms. The number of aryl methyl sites for hydroxylation is 1. The zero-order valence-electron chi connectivity index (χ0n) is 10.5. The van der Waals surface area contributed by atoms with Crippen LogP contribution in [0, 0.1) is 12.8 Å². The molecule has 1 aromatic heterocycles. The van der Waals surface area contributed by atoms with Crippen LogP contribution in [0.2, 0.25) is 0 Å². The molecule has 0 bridgehead atoms. The number of rotatable bonds is 3. The van der Waals surface area contributed by atoms with Crippen molar-refractivity contribution in [2.45, 2.75) is 52.0 Å². The Morgan fingerprint density at radius 2 is 2.29 bits per heavy atom. The fraction of sp³-hybridized carbons (Fsp3) is 0.692. The second-order valence-electron chi connectivity index (χ2n) is 5.00. The quantitative estimate of drug-likeness (QED) is 0.898. The molecule has 0 radical (unpaired) electrons. The first-order valence-electron chi connectivity index (χ1n) is 6.35. The summed E-state index contributed by atoms with van der Waals surface area (Å²) in [6, 6.07) is 0.373. The Balaban J connectivity index is 1.84. The van der Waals surface area contributed by atoms with Crippen molar-refractivity contribution >= 4 is 17.2 Å². The predicted octanol–water partition coefficient (Wildman–Crippen LogP) is 2.69. The topological polar surface area (TPSA) is 42.0 Å². The molecular weight excluding hydrogens is 232 g/mol. The lowest BCUT2D eigenvalue weighted by atomic mass is 9.86. The fourth-order valence-electron chi connectivity index (χ4n) is 2.41. The van der Waals surface area contributed by atoms with Crippen molar-refractivity contribution in [3.05, 3.63) is 16.1 Å². The lowest BCUT2D eigenvalue weighted by Gasteiger charge is -2.29. The minimum absolute atomic E-state index is 0.123. The summed E-state index contributed by atoms with van der Waals surface area (Å²) in [7, 11) is 0. The highest BCUT2D eigenvalue weighted by atomic mass is 32.1. The van der Waals surface area contributed by atoms with E-state index in [1.165, 1.54) is 19.3 Å². The largest absolute Gasteiger partial charge is 0.353 e. The average molecular weight is 252 g/mol. The van der Waals surface area contributed by atoms with Crippen LogP contribution in [0.25, 0.3) is 0 Å².